The molecule has 15 heavy (non-hydrogen) atoms. The van der Waals surface area contributed by atoms with Crippen molar-refractivity contribution in [2.45, 2.75) is 24.3 Å². The van der Waals surface area contributed by atoms with Crippen LogP contribution in [0.3, 0.4) is 0 Å². The maximum Gasteiger partial charge on any atom is 0.190 e. The zero-order valence-corrected chi connectivity index (χ0v) is 10.6. The Bertz CT molecular complexity index is 307. The predicted octanol–water partition coefficient (Wildman–Crippen LogP) is -0.00768. The fourth-order valence-electron chi connectivity index (χ4n) is 1.41. The van der Waals surface area contributed by atoms with Gasteiger partial charge < -0.3 is 10.6 Å². The molecule has 1 rings (SSSR count). The number of aromatic nitrogens is 2. The Morgan fingerprint density at radius 3 is 2.67 bits per heavy atom. The minimum atomic E-state index is 0.496. The molecule has 0 saturated carbocycles. The lowest BCUT2D eigenvalue weighted by atomic mass is 10.4. The minimum Gasteiger partial charge on any atom is -0.384 e. The van der Waals surface area contributed by atoms with Gasteiger partial charge >= 0.3 is 0 Å². The third-order valence-electron chi connectivity index (χ3n) is 1.86. The van der Waals surface area contributed by atoms with Crippen LogP contribution < -0.4 is 10.6 Å². The molecule has 1 heterocycles. The molecule has 3 N–H and O–H groups in total. The molecule has 0 bridgehead atoms. The van der Waals surface area contributed by atoms with Gasteiger partial charge in [0.2, 0.25) is 0 Å². The van der Waals surface area contributed by atoms with Crippen LogP contribution in [0, 0.1) is 6.92 Å². The Hall–Kier alpha value is -0.810. The van der Waals surface area contributed by atoms with Gasteiger partial charge in [0.1, 0.15) is 5.82 Å². The Morgan fingerprint density at radius 1 is 1.47 bits per heavy atom. The summed E-state index contributed by atoms with van der Waals surface area (Å²) in [6, 6.07) is 1.78. The van der Waals surface area contributed by atoms with Gasteiger partial charge in [0, 0.05) is 11.8 Å². The summed E-state index contributed by atoms with van der Waals surface area (Å²) in [5.41, 5.74) is 6.59. The second kappa shape index (κ2) is 5.32. The largest absolute Gasteiger partial charge is 0.384 e. The SMILES string of the molecule is Cc1cc(N)nc(SC(C)C[NH+](C)C)n1. The highest BCUT2D eigenvalue weighted by Crippen LogP contribution is 2.19. The van der Waals surface area contributed by atoms with E-state index in [1.165, 1.54) is 4.90 Å². The molecule has 0 aromatic carbocycles. The van der Waals surface area contributed by atoms with Crippen LogP contribution in [0.2, 0.25) is 0 Å². The van der Waals surface area contributed by atoms with Gasteiger partial charge in [0.15, 0.2) is 5.16 Å². The fourth-order valence-corrected chi connectivity index (χ4v) is 2.55. The van der Waals surface area contributed by atoms with Gasteiger partial charge in [-0.25, -0.2) is 9.97 Å². The quantitative estimate of drug-likeness (QED) is 0.561. The Morgan fingerprint density at radius 2 is 2.13 bits per heavy atom. The van der Waals surface area contributed by atoms with Gasteiger partial charge in [-0.3, -0.25) is 0 Å². The van der Waals surface area contributed by atoms with Crippen LogP contribution in [0.15, 0.2) is 11.2 Å². The van der Waals surface area contributed by atoms with E-state index in [2.05, 4.69) is 31.0 Å². The molecule has 0 fully saturated rings. The highest BCUT2D eigenvalue weighted by atomic mass is 32.2. The fraction of sp³-hybridized carbons (Fsp3) is 0.600. The molecule has 0 aliphatic carbocycles. The second-order valence-corrected chi connectivity index (χ2v) is 5.46. The number of aryl methyl sites for hydroxylation is 1. The molecule has 0 aliphatic rings. The zero-order valence-electron chi connectivity index (χ0n) is 9.74. The van der Waals surface area contributed by atoms with Gasteiger partial charge in [0.25, 0.3) is 0 Å². The molecule has 1 atom stereocenters. The van der Waals surface area contributed by atoms with E-state index in [1.54, 1.807) is 17.8 Å². The number of anilines is 1. The van der Waals surface area contributed by atoms with Crippen LogP contribution >= 0.6 is 11.8 Å². The summed E-state index contributed by atoms with van der Waals surface area (Å²) < 4.78 is 0. The molecule has 0 aliphatic heterocycles. The van der Waals surface area contributed by atoms with E-state index in [-0.39, 0.29) is 0 Å². The number of nitrogens with zero attached hydrogens (tertiary/aromatic N) is 2. The highest BCUT2D eigenvalue weighted by Gasteiger charge is 2.10. The second-order valence-electron chi connectivity index (χ2n) is 4.06. The minimum absolute atomic E-state index is 0.496. The van der Waals surface area contributed by atoms with E-state index in [9.17, 15) is 0 Å². The lowest BCUT2D eigenvalue weighted by molar-refractivity contribution is -0.857. The number of thioether (sulfide) groups is 1. The first-order valence-electron chi connectivity index (χ1n) is 5.04. The maximum atomic E-state index is 5.67. The number of quaternary nitrogens is 1. The van der Waals surface area contributed by atoms with E-state index < -0.39 is 0 Å². The molecule has 0 spiro atoms. The number of nitrogen functional groups attached to an aromatic ring is 1. The van der Waals surface area contributed by atoms with Crippen LogP contribution in [0.5, 0.6) is 0 Å². The summed E-state index contributed by atoms with van der Waals surface area (Å²) in [4.78, 5) is 9.97. The summed E-state index contributed by atoms with van der Waals surface area (Å²) in [7, 11) is 4.28. The Labute approximate surface area is 95.3 Å². The summed E-state index contributed by atoms with van der Waals surface area (Å²) in [5.74, 6) is 0.550. The molecule has 0 radical (unpaired) electrons. The standard InChI is InChI=1S/C10H18N4S/c1-7-5-9(11)13-10(12-7)15-8(2)6-14(3)4/h5,8H,6H2,1-4H3,(H2,11,12,13)/p+1. The molecule has 4 nitrogen and oxygen atoms in total. The van der Waals surface area contributed by atoms with Crippen molar-refractivity contribution < 1.29 is 4.90 Å². The Balaban J connectivity index is 2.63. The molecule has 1 aromatic heterocycles. The van der Waals surface area contributed by atoms with Gasteiger partial charge in [-0.15, -0.1) is 0 Å². The average molecular weight is 227 g/mol. The average Bonchev–Trinajstić information content (AvgIpc) is 1.98. The zero-order chi connectivity index (χ0) is 11.4. The van der Waals surface area contributed by atoms with Crippen molar-refractivity contribution >= 4 is 17.6 Å². The van der Waals surface area contributed by atoms with Crippen LogP contribution in [-0.2, 0) is 0 Å². The van der Waals surface area contributed by atoms with Crippen LogP contribution in [0.4, 0.5) is 5.82 Å². The van der Waals surface area contributed by atoms with Crippen LogP contribution in [0.25, 0.3) is 0 Å². The van der Waals surface area contributed by atoms with Crippen molar-refractivity contribution in [2.24, 2.45) is 0 Å². The van der Waals surface area contributed by atoms with Crippen molar-refractivity contribution in [3.8, 4) is 0 Å². The smallest absolute Gasteiger partial charge is 0.190 e. The number of nitrogens with one attached hydrogen (secondary N) is 1. The number of nitrogens with two attached hydrogens (primary N) is 1. The number of hydrogen-bond donors (Lipinski definition) is 2. The summed E-state index contributed by atoms with van der Waals surface area (Å²) in [5, 5.41) is 1.28. The summed E-state index contributed by atoms with van der Waals surface area (Å²) >= 11 is 1.68. The van der Waals surface area contributed by atoms with Gasteiger partial charge in [-0.2, -0.15) is 0 Å². The molecule has 5 heteroatoms. The van der Waals surface area contributed by atoms with Gasteiger partial charge in [-0.05, 0) is 13.8 Å². The highest BCUT2D eigenvalue weighted by molar-refractivity contribution is 7.99. The van der Waals surface area contributed by atoms with E-state index in [4.69, 9.17) is 5.73 Å². The summed E-state index contributed by atoms with van der Waals surface area (Å²) in [6.07, 6.45) is 0. The molecule has 1 aromatic rings. The summed E-state index contributed by atoms with van der Waals surface area (Å²) in [6.45, 7) is 5.20. The Kier molecular flexibility index (Phi) is 4.35. The monoisotopic (exact) mass is 227 g/mol. The number of rotatable bonds is 4. The predicted molar refractivity (Wildman–Crippen MR) is 64.2 cm³/mol. The first-order chi connectivity index (χ1) is 6.97. The van der Waals surface area contributed by atoms with Crippen molar-refractivity contribution in [3.05, 3.63) is 11.8 Å². The molecular formula is C10H19N4S+. The maximum absolute atomic E-state index is 5.67. The van der Waals surface area contributed by atoms with Gasteiger partial charge in [0.05, 0.1) is 25.9 Å². The third-order valence-corrected chi connectivity index (χ3v) is 2.82. The van der Waals surface area contributed by atoms with E-state index >= 15 is 0 Å². The van der Waals surface area contributed by atoms with Crippen molar-refractivity contribution in [1.29, 1.82) is 0 Å². The van der Waals surface area contributed by atoms with E-state index in [0.29, 0.717) is 11.1 Å². The number of hydrogen-bond acceptors (Lipinski definition) is 4. The van der Waals surface area contributed by atoms with Crippen molar-refractivity contribution in [1.82, 2.24) is 9.97 Å². The molecule has 0 amide bonds. The first kappa shape index (κ1) is 12.3. The van der Waals surface area contributed by atoms with Gasteiger partial charge in [-0.1, -0.05) is 11.8 Å². The lowest BCUT2D eigenvalue weighted by Crippen LogP contribution is -3.06. The molecule has 84 valence electrons. The molecular weight excluding hydrogens is 208 g/mol. The third kappa shape index (κ3) is 4.48. The van der Waals surface area contributed by atoms with E-state index in [1.807, 2.05) is 6.92 Å². The first-order valence-corrected chi connectivity index (χ1v) is 5.92. The van der Waals surface area contributed by atoms with Crippen molar-refractivity contribution in [2.75, 3.05) is 26.4 Å². The van der Waals surface area contributed by atoms with E-state index in [0.717, 1.165) is 17.4 Å². The molecule has 0 saturated heterocycles. The topological polar surface area (TPSA) is 56.2 Å². The lowest BCUT2D eigenvalue weighted by Gasteiger charge is -2.13. The van der Waals surface area contributed by atoms with Crippen LogP contribution in [-0.4, -0.2) is 35.9 Å². The normalized spacial score (nSPS) is 13.1. The van der Waals surface area contributed by atoms with Crippen LogP contribution in [0.1, 0.15) is 12.6 Å². The van der Waals surface area contributed by atoms with Crippen molar-refractivity contribution in [3.63, 3.8) is 0 Å². The molecule has 1 unspecified atom stereocenters.